The summed E-state index contributed by atoms with van der Waals surface area (Å²) in [6.45, 7) is 7.51. The van der Waals surface area contributed by atoms with E-state index in [-0.39, 0.29) is 36.2 Å². The number of benzene rings is 2. The molecule has 154 valence electrons. The second-order valence-electron chi connectivity index (χ2n) is 7.33. The Bertz CT molecular complexity index is 861. The van der Waals surface area contributed by atoms with E-state index in [4.69, 9.17) is 0 Å². The Labute approximate surface area is 171 Å². The van der Waals surface area contributed by atoms with Crippen LogP contribution in [0, 0.1) is 5.92 Å². The standard InChI is InChI=1S/C22H28N4O3/c1-14(2)21(28)26-18-10-8-17(9-11-18)23-13-20(27)25-19-7-5-6-16(12-19)22(29)24-15(3)4/h5-12,14-15,23H,13H2,1-4H3,(H,24,29)(H,25,27)(H,26,28). The highest BCUT2D eigenvalue weighted by atomic mass is 16.2. The summed E-state index contributed by atoms with van der Waals surface area (Å²) in [5.74, 6) is -0.552. The van der Waals surface area contributed by atoms with Gasteiger partial charge in [0.05, 0.1) is 6.54 Å². The minimum atomic E-state index is -0.233. The van der Waals surface area contributed by atoms with Crippen LogP contribution in [0.2, 0.25) is 0 Å². The molecule has 0 aliphatic rings. The van der Waals surface area contributed by atoms with Crippen molar-refractivity contribution in [1.29, 1.82) is 0 Å². The fourth-order valence-electron chi connectivity index (χ4n) is 2.43. The molecule has 0 fully saturated rings. The van der Waals surface area contributed by atoms with Gasteiger partial charge < -0.3 is 21.3 Å². The Kier molecular flexibility index (Phi) is 7.77. The SMILES string of the molecule is CC(C)NC(=O)c1cccc(NC(=O)CNc2ccc(NC(=O)C(C)C)cc2)c1. The molecule has 0 aliphatic heterocycles. The number of nitrogens with one attached hydrogen (secondary N) is 4. The average Bonchev–Trinajstić information content (AvgIpc) is 2.67. The zero-order chi connectivity index (χ0) is 21.4. The first-order chi connectivity index (χ1) is 13.7. The van der Waals surface area contributed by atoms with Gasteiger partial charge in [0.25, 0.3) is 5.91 Å². The summed E-state index contributed by atoms with van der Waals surface area (Å²) in [7, 11) is 0. The Balaban J connectivity index is 1.87. The van der Waals surface area contributed by atoms with Crippen LogP contribution in [-0.2, 0) is 9.59 Å². The molecule has 2 aromatic rings. The Morgan fingerprint density at radius 2 is 1.48 bits per heavy atom. The molecule has 0 unspecified atom stereocenters. The van der Waals surface area contributed by atoms with Gasteiger partial charge in [0.15, 0.2) is 0 Å². The van der Waals surface area contributed by atoms with Gasteiger partial charge in [0.2, 0.25) is 11.8 Å². The van der Waals surface area contributed by atoms with Crippen molar-refractivity contribution < 1.29 is 14.4 Å². The van der Waals surface area contributed by atoms with Gasteiger partial charge in [-0.2, -0.15) is 0 Å². The highest BCUT2D eigenvalue weighted by molar-refractivity contribution is 5.98. The third-order valence-corrected chi connectivity index (χ3v) is 3.96. The lowest BCUT2D eigenvalue weighted by Crippen LogP contribution is -2.30. The molecule has 4 N–H and O–H groups in total. The molecule has 3 amide bonds. The molecule has 29 heavy (non-hydrogen) atoms. The van der Waals surface area contributed by atoms with Crippen molar-refractivity contribution in [3.8, 4) is 0 Å². The molecular formula is C22H28N4O3. The Morgan fingerprint density at radius 3 is 2.10 bits per heavy atom. The Hall–Kier alpha value is -3.35. The van der Waals surface area contributed by atoms with E-state index in [1.807, 2.05) is 27.7 Å². The molecule has 0 radical (unpaired) electrons. The number of carbonyl (C=O) groups excluding carboxylic acids is 3. The molecule has 7 nitrogen and oxygen atoms in total. The fourth-order valence-corrected chi connectivity index (χ4v) is 2.43. The van der Waals surface area contributed by atoms with E-state index in [9.17, 15) is 14.4 Å². The van der Waals surface area contributed by atoms with Gasteiger partial charge in [0, 0.05) is 34.6 Å². The van der Waals surface area contributed by atoms with Crippen molar-refractivity contribution in [3.63, 3.8) is 0 Å². The molecule has 2 aromatic carbocycles. The molecule has 0 spiro atoms. The summed E-state index contributed by atoms with van der Waals surface area (Å²) in [4.78, 5) is 36.0. The van der Waals surface area contributed by atoms with Crippen LogP contribution in [0.25, 0.3) is 0 Å². The van der Waals surface area contributed by atoms with Crippen molar-refractivity contribution in [3.05, 3.63) is 54.1 Å². The van der Waals surface area contributed by atoms with Crippen LogP contribution in [-0.4, -0.2) is 30.3 Å². The topological polar surface area (TPSA) is 99.3 Å². The van der Waals surface area contributed by atoms with Crippen LogP contribution >= 0.6 is 0 Å². The molecule has 0 aliphatic carbocycles. The van der Waals surface area contributed by atoms with Crippen LogP contribution in [0.3, 0.4) is 0 Å². The van der Waals surface area contributed by atoms with Crippen LogP contribution in [0.4, 0.5) is 17.1 Å². The van der Waals surface area contributed by atoms with Gasteiger partial charge in [0.1, 0.15) is 0 Å². The highest BCUT2D eigenvalue weighted by Crippen LogP contribution is 2.15. The van der Waals surface area contributed by atoms with Gasteiger partial charge in [-0.25, -0.2) is 0 Å². The third kappa shape index (κ3) is 7.29. The number of anilines is 3. The Morgan fingerprint density at radius 1 is 0.828 bits per heavy atom. The maximum atomic E-state index is 12.2. The average molecular weight is 396 g/mol. The summed E-state index contributed by atoms with van der Waals surface area (Å²) in [5.41, 5.74) is 2.51. The first-order valence-corrected chi connectivity index (χ1v) is 9.60. The molecule has 2 rings (SSSR count). The summed E-state index contributed by atoms with van der Waals surface area (Å²) in [6, 6.07) is 14.0. The van der Waals surface area contributed by atoms with Gasteiger partial charge in [-0.05, 0) is 56.3 Å². The summed E-state index contributed by atoms with van der Waals surface area (Å²) in [6.07, 6.45) is 0. The fraction of sp³-hybridized carbons (Fsp3) is 0.318. The van der Waals surface area contributed by atoms with Gasteiger partial charge >= 0.3 is 0 Å². The van der Waals surface area contributed by atoms with Gasteiger partial charge in [-0.15, -0.1) is 0 Å². The molecule has 0 atom stereocenters. The number of rotatable bonds is 8. The molecule has 7 heteroatoms. The summed E-state index contributed by atoms with van der Waals surface area (Å²) in [5, 5.41) is 11.4. The number of hydrogen-bond acceptors (Lipinski definition) is 4. The first kappa shape index (κ1) is 21.9. The molecule has 0 bridgehead atoms. The largest absolute Gasteiger partial charge is 0.376 e. The second-order valence-corrected chi connectivity index (χ2v) is 7.33. The van der Waals surface area contributed by atoms with Gasteiger partial charge in [-0.1, -0.05) is 19.9 Å². The predicted octanol–water partition coefficient (Wildman–Crippen LogP) is 3.47. The highest BCUT2D eigenvalue weighted by Gasteiger charge is 2.09. The van der Waals surface area contributed by atoms with Crippen molar-refractivity contribution in [1.82, 2.24) is 5.32 Å². The molecule has 0 saturated carbocycles. The molecule has 0 aromatic heterocycles. The third-order valence-electron chi connectivity index (χ3n) is 3.96. The number of amides is 3. The van der Waals surface area contributed by atoms with Gasteiger partial charge in [-0.3, -0.25) is 14.4 Å². The van der Waals surface area contributed by atoms with Crippen molar-refractivity contribution in [2.45, 2.75) is 33.7 Å². The lowest BCUT2D eigenvalue weighted by Gasteiger charge is -2.11. The lowest BCUT2D eigenvalue weighted by molar-refractivity contribution is -0.119. The zero-order valence-corrected chi connectivity index (χ0v) is 17.2. The minimum absolute atomic E-state index is 0.0371. The van der Waals surface area contributed by atoms with E-state index in [0.717, 1.165) is 5.69 Å². The number of hydrogen-bond donors (Lipinski definition) is 4. The minimum Gasteiger partial charge on any atom is -0.376 e. The van der Waals surface area contributed by atoms with Crippen LogP contribution in [0.1, 0.15) is 38.1 Å². The van der Waals surface area contributed by atoms with E-state index in [1.54, 1.807) is 48.5 Å². The van der Waals surface area contributed by atoms with E-state index < -0.39 is 0 Å². The molecule has 0 heterocycles. The van der Waals surface area contributed by atoms with Crippen LogP contribution < -0.4 is 21.3 Å². The maximum absolute atomic E-state index is 12.2. The second kappa shape index (κ2) is 10.3. The zero-order valence-electron chi connectivity index (χ0n) is 17.2. The van der Waals surface area contributed by atoms with Crippen LogP contribution in [0.5, 0.6) is 0 Å². The normalized spacial score (nSPS) is 10.6. The molecule has 0 saturated heterocycles. The van der Waals surface area contributed by atoms with Crippen molar-refractivity contribution in [2.75, 3.05) is 22.5 Å². The predicted molar refractivity (Wildman–Crippen MR) is 116 cm³/mol. The summed E-state index contributed by atoms with van der Waals surface area (Å²) < 4.78 is 0. The van der Waals surface area contributed by atoms with Crippen LogP contribution in [0.15, 0.2) is 48.5 Å². The van der Waals surface area contributed by atoms with E-state index in [0.29, 0.717) is 16.9 Å². The maximum Gasteiger partial charge on any atom is 0.251 e. The first-order valence-electron chi connectivity index (χ1n) is 9.60. The molecular weight excluding hydrogens is 368 g/mol. The number of carbonyl (C=O) groups is 3. The smallest absolute Gasteiger partial charge is 0.251 e. The van der Waals surface area contributed by atoms with Crippen molar-refractivity contribution in [2.24, 2.45) is 5.92 Å². The lowest BCUT2D eigenvalue weighted by atomic mass is 10.1. The van der Waals surface area contributed by atoms with E-state index in [1.165, 1.54) is 0 Å². The van der Waals surface area contributed by atoms with Crippen molar-refractivity contribution >= 4 is 34.8 Å². The summed E-state index contributed by atoms with van der Waals surface area (Å²) >= 11 is 0. The quantitative estimate of drug-likeness (QED) is 0.549. The van der Waals surface area contributed by atoms with E-state index in [2.05, 4.69) is 21.3 Å². The monoisotopic (exact) mass is 396 g/mol. The van der Waals surface area contributed by atoms with E-state index >= 15 is 0 Å².